The minimum atomic E-state index is 0.0720. The van der Waals surface area contributed by atoms with Crippen LogP contribution >= 0.6 is 0 Å². The summed E-state index contributed by atoms with van der Waals surface area (Å²) < 4.78 is 5.12. The third kappa shape index (κ3) is 4.35. The maximum Gasteiger partial charge on any atom is 0.211 e. The number of ketones is 1. The largest absolute Gasteiger partial charge is 0.461 e. The average molecular weight is 237 g/mol. The van der Waals surface area contributed by atoms with Crippen LogP contribution in [0.4, 0.5) is 0 Å². The highest BCUT2D eigenvalue weighted by molar-refractivity contribution is 5.94. The molecule has 0 N–H and O–H groups in total. The highest BCUT2D eigenvalue weighted by Crippen LogP contribution is 2.11. The van der Waals surface area contributed by atoms with Crippen LogP contribution < -0.4 is 0 Å². The average Bonchev–Trinajstić information content (AvgIpc) is 2.88. The fourth-order valence-electron chi connectivity index (χ4n) is 1.94. The van der Waals surface area contributed by atoms with Crippen molar-refractivity contribution in [3.05, 3.63) is 24.2 Å². The van der Waals surface area contributed by atoms with Gasteiger partial charge < -0.3 is 4.42 Å². The fraction of sp³-hybridized carbons (Fsp3) is 0.643. The van der Waals surface area contributed by atoms with Gasteiger partial charge in [-0.1, -0.05) is 33.6 Å². The minimum absolute atomic E-state index is 0.0720. The summed E-state index contributed by atoms with van der Waals surface area (Å²) >= 11 is 0. The molecular formula is C14H23NO2. The van der Waals surface area contributed by atoms with Gasteiger partial charge in [-0.25, -0.2) is 0 Å². The fourth-order valence-corrected chi connectivity index (χ4v) is 1.94. The quantitative estimate of drug-likeness (QED) is 0.651. The second-order valence-corrected chi connectivity index (χ2v) is 4.41. The van der Waals surface area contributed by atoms with Crippen molar-refractivity contribution in [1.82, 2.24) is 4.90 Å². The van der Waals surface area contributed by atoms with Gasteiger partial charge in [0.2, 0.25) is 5.78 Å². The van der Waals surface area contributed by atoms with E-state index in [4.69, 9.17) is 4.42 Å². The molecule has 0 aliphatic rings. The van der Waals surface area contributed by atoms with Gasteiger partial charge in [0, 0.05) is 6.54 Å². The van der Waals surface area contributed by atoms with Crippen molar-refractivity contribution in [3.8, 4) is 0 Å². The number of hydrogen-bond acceptors (Lipinski definition) is 3. The lowest BCUT2D eigenvalue weighted by Crippen LogP contribution is -2.33. The topological polar surface area (TPSA) is 33.5 Å². The molecule has 0 aliphatic heterocycles. The number of nitrogens with zero attached hydrogens (tertiary/aromatic N) is 1. The Morgan fingerprint density at radius 2 is 2.06 bits per heavy atom. The van der Waals surface area contributed by atoms with Gasteiger partial charge in [0.25, 0.3) is 0 Å². The molecule has 0 saturated heterocycles. The highest BCUT2D eigenvalue weighted by Gasteiger charge is 2.15. The van der Waals surface area contributed by atoms with Gasteiger partial charge in [-0.05, 0) is 24.6 Å². The van der Waals surface area contributed by atoms with E-state index in [1.54, 1.807) is 18.4 Å². The Morgan fingerprint density at radius 1 is 1.35 bits per heavy atom. The molecule has 96 valence electrons. The zero-order valence-corrected chi connectivity index (χ0v) is 11.1. The number of furan rings is 1. The van der Waals surface area contributed by atoms with Gasteiger partial charge in [0.15, 0.2) is 5.76 Å². The summed E-state index contributed by atoms with van der Waals surface area (Å²) in [6, 6.07) is 3.48. The standard InChI is InChI=1S/C14H23NO2/c1-4-12(5-2)10-15(6-3)11-13(16)14-8-7-9-17-14/h7-9,12H,4-6,10-11H2,1-3H3. The molecule has 0 atom stereocenters. The number of Topliss-reactive ketones (excluding diaryl/α,β-unsaturated/α-hetero) is 1. The molecule has 0 aromatic carbocycles. The molecule has 3 heteroatoms. The number of likely N-dealkylation sites (N-methyl/N-ethyl adjacent to an activating group) is 1. The molecule has 1 heterocycles. The van der Waals surface area contributed by atoms with Crippen LogP contribution in [0.15, 0.2) is 22.8 Å². The van der Waals surface area contributed by atoms with E-state index in [1.807, 2.05) is 0 Å². The van der Waals surface area contributed by atoms with Crippen LogP contribution in [-0.2, 0) is 0 Å². The van der Waals surface area contributed by atoms with Crippen LogP contribution in [-0.4, -0.2) is 30.3 Å². The first-order valence-corrected chi connectivity index (χ1v) is 6.50. The molecule has 1 aromatic heterocycles. The Hall–Kier alpha value is -1.09. The normalized spacial score (nSPS) is 11.4. The van der Waals surface area contributed by atoms with Crippen molar-refractivity contribution < 1.29 is 9.21 Å². The Morgan fingerprint density at radius 3 is 2.53 bits per heavy atom. The van der Waals surface area contributed by atoms with Gasteiger partial charge >= 0.3 is 0 Å². The summed E-state index contributed by atoms with van der Waals surface area (Å²) in [5.41, 5.74) is 0. The van der Waals surface area contributed by atoms with Crippen molar-refractivity contribution in [2.75, 3.05) is 19.6 Å². The first-order chi connectivity index (χ1) is 8.21. The van der Waals surface area contributed by atoms with Crippen molar-refractivity contribution in [2.45, 2.75) is 33.6 Å². The van der Waals surface area contributed by atoms with E-state index in [9.17, 15) is 4.79 Å². The zero-order chi connectivity index (χ0) is 12.7. The van der Waals surface area contributed by atoms with Crippen LogP contribution in [0.3, 0.4) is 0 Å². The van der Waals surface area contributed by atoms with Crippen molar-refractivity contribution in [1.29, 1.82) is 0 Å². The Balaban J connectivity index is 2.49. The summed E-state index contributed by atoms with van der Waals surface area (Å²) in [7, 11) is 0. The maximum atomic E-state index is 11.9. The lowest BCUT2D eigenvalue weighted by atomic mass is 10.0. The molecule has 0 bridgehead atoms. The Bertz CT molecular complexity index is 315. The van der Waals surface area contributed by atoms with Gasteiger partial charge in [0.1, 0.15) is 0 Å². The van der Waals surface area contributed by atoms with E-state index in [2.05, 4.69) is 25.7 Å². The van der Waals surface area contributed by atoms with E-state index >= 15 is 0 Å². The monoisotopic (exact) mass is 237 g/mol. The molecule has 17 heavy (non-hydrogen) atoms. The van der Waals surface area contributed by atoms with Crippen LogP contribution in [0.1, 0.15) is 44.2 Å². The molecule has 0 unspecified atom stereocenters. The van der Waals surface area contributed by atoms with E-state index in [-0.39, 0.29) is 5.78 Å². The lowest BCUT2D eigenvalue weighted by molar-refractivity contribution is 0.0893. The van der Waals surface area contributed by atoms with Gasteiger partial charge in [-0.15, -0.1) is 0 Å². The second-order valence-electron chi connectivity index (χ2n) is 4.41. The molecule has 0 amide bonds. The summed E-state index contributed by atoms with van der Waals surface area (Å²) in [4.78, 5) is 14.1. The van der Waals surface area contributed by atoms with Crippen molar-refractivity contribution in [2.24, 2.45) is 5.92 Å². The van der Waals surface area contributed by atoms with Crippen LogP contribution in [0.2, 0.25) is 0 Å². The summed E-state index contributed by atoms with van der Waals surface area (Å²) in [5.74, 6) is 1.22. The second kappa shape index (κ2) is 7.28. The SMILES string of the molecule is CCC(CC)CN(CC)CC(=O)c1ccco1. The lowest BCUT2D eigenvalue weighted by Gasteiger charge is -2.24. The number of rotatable bonds is 8. The molecular weight excluding hydrogens is 214 g/mol. The first-order valence-electron chi connectivity index (χ1n) is 6.50. The van der Waals surface area contributed by atoms with E-state index in [0.717, 1.165) is 13.1 Å². The van der Waals surface area contributed by atoms with E-state index < -0.39 is 0 Å². The van der Waals surface area contributed by atoms with E-state index in [0.29, 0.717) is 18.2 Å². The highest BCUT2D eigenvalue weighted by atomic mass is 16.3. The zero-order valence-electron chi connectivity index (χ0n) is 11.1. The third-order valence-electron chi connectivity index (χ3n) is 3.28. The van der Waals surface area contributed by atoms with Crippen molar-refractivity contribution in [3.63, 3.8) is 0 Å². The van der Waals surface area contributed by atoms with Crippen molar-refractivity contribution >= 4 is 5.78 Å². The smallest absolute Gasteiger partial charge is 0.211 e. The number of carbonyl (C=O) groups is 1. The predicted octanol–water partition coefficient (Wildman–Crippen LogP) is 3.22. The number of hydrogen-bond donors (Lipinski definition) is 0. The molecule has 1 aromatic rings. The Labute approximate surface area is 104 Å². The van der Waals surface area contributed by atoms with E-state index in [1.165, 1.54) is 12.8 Å². The predicted molar refractivity (Wildman–Crippen MR) is 69.2 cm³/mol. The van der Waals surface area contributed by atoms with Gasteiger partial charge in [0.05, 0.1) is 12.8 Å². The molecule has 0 spiro atoms. The molecule has 0 aliphatic carbocycles. The molecule has 0 fully saturated rings. The van der Waals surface area contributed by atoms with Gasteiger partial charge in [-0.2, -0.15) is 0 Å². The summed E-state index contributed by atoms with van der Waals surface area (Å²) in [5, 5.41) is 0. The number of carbonyl (C=O) groups excluding carboxylic acids is 1. The van der Waals surface area contributed by atoms with Crippen LogP contribution in [0.5, 0.6) is 0 Å². The molecule has 1 rings (SSSR count). The van der Waals surface area contributed by atoms with Crippen LogP contribution in [0, 0.1) is 5.92 Å². The molecule has 3 nitrogen and oxygen atoms in total. The summed E-state index contributed by atoms with van der Waals surface area (Å²) in [6.45, 7) is 8.87. The molecule has 0 saturated carbocycles. The molecule has 0 radical (unpaired) electrons. The summed E-state index contributed by atoms with van der Waals surface area (Å²) in [6.07, 6.45) is 3.88. The minimum Gasteiger partial charge on any atom is -0.461 e. The third-order valence-corrected chi connectivity index (χ3v) is 3.28. The first kappa shape index (κ1) is 14.0. The van der Waals surface area contributed by atoms with Crippen LogP contribution in [0.25, 0.3) is 0 Å². The maximum absolute atomic E-state index is 11.9. The van der Waals surface area contributed by atoms with Gasteiger partial charge in [-0.3, -0.25) is 9.69 Å². The Kier molecular flexibility index (Phi) is 5.98.